The van der Waals surface area contributed by atoms with Gasteiger partial charge in [0.25, 0.3) is 0 Å². The van der Waals surface area contributed by atoms with Gasteiger partial charge in [0.05, 0.1) is 18.1 Å². The summed E-state index contributed by atoms with van der Waals surface area (Å²) >= 11 is 0.991. The van der Waals surface area contributed by atoms with Crippen LogP contribution >= 0.6 is 11.3 Å². The number of aryl methyl sites for hydroxylation is 1. The molecule has 5 heterocycles. The Balaban J connectivity index is 1.11. The van der Waals surface area contributed by atoms with Gasteiger partial charge in [-0.3, -0.25) is 9.80 Å². The molecule has 0 saturated carbocycles. The van der Waals surface area contributed by atoms with E-state index >= 15 is 0 Å². The van der Waals surface area contributed by atoms with Crippen molar-refractivity contribution >= 4 is 54.2 Å². The Kier molecular flexibility index (Phi) is 10.1. The molecular weight excluding hydrogens is 688 g/mol. The smallest absolute Gasteiger partial charge is 0.368 e. The maximum Gasteiger partial charge on any atom is 0.393 e. The second-order valence-electron chi connectivity index (χ2n) is 14.0. The summed E-state index contributed by atoms with van der Waals surface area (Å²) in [5, 5.41) is 15.1. The summed E-state index contributed by atoms with van der Waals surface area (Å²) < 4.78 is 67.4. The van der Waals surface area contributed by atoms with E-state index in [1.165, 1.54) is 17.9 Å². The van der Waals surface area contributed by atoms with Crippen LogP contribution < -0.4 is 11.1 Å². The molecule has 50 heavy (non-hydrogen) atoms. The second kappa shape index (κ2) is 13.9. The highest BCUT2D eigenvalue weighted by atomic mass is 32.2. The summed E-state index contributed by atoms with van der Waals surface area (Å²) in [7, 11) is -3.30. The van der Waals surface area contributed by atoms with Crippen LogP contribution in [0.4, 0.5) is 24.9 Å². The molecule has 0 amide bonds. The van der Waals surface area contributed by atoms with Crippen LogP contribution in [-0.4, -0.2) is 99.8 Å². The number of fused-ring (bicyclic) bond motifs is 2. The lowest BCUT2D eigenvalue weighted by molar-refractivity contribution is -0.126. The van der Waals surface area contributed by atoms with Gasteiger partial charge >= 0.3 is 6.18 Å². The number of benzene rings is 1. The Morgan fingerprint density at radius 1 is 1.12 bits per heavy atom. The summed E-state index contributed by atoms with van der Waals surface area (Å²) in [6, 6.07) is 10.0. The minimum atomic E-state index is -4.30. The van der Waals surface area contributed by atoms with Crippen molar-refractivity contribution in [2.24, 2.45) is 0 Å². The van der Waals surface area contributed by atoms with E-state index in [0.29, 0.717) is 41.4 Å². The molecule has 0 bridgehead atoms. The first-order valence-electron chi connectivity index (χ1n) is 16.9. The van der Waals surface area contributed by atoms with Crippen molar-refractivity contribution in [3.8, 4) is 6.07 Å². The third-order valence-corrected chi connectivity index (χ3v) is 12.6. The number of anilines is 2. The number of piperidine rings is 1. The highest BCUT2D eigenvalue weighted by molar-refractivity contribution is 7.88. The summed E-state index contributed by atoms with van der Waals surface area (Å²) in [6.45, 7) is 12.4. The zero-order chi connectivity index (χ0) is 36.1. The molecule has 6 rings (SSSR count). The van der Waals surface area contributed by atoms with Gasteiger partial charge in [-0.25, -0.2) is 13.4 Å². The van der Waals surface area contributed by atoms with Crippen LogP contribution in [0.2, 0.25) is 0 Å². The quantitative estimate of drug-likeness (QED) is 0.234. The Hall–Kier alpha value is -3.49. The highest BCUT2D eigenvalue weighted by Crippen LogP contribution is 2.35. The molecule has 2 fully saturated rings. The number of thiophene rings is 1. The molecule has 0 aliphatic carbocycles. The number of piperazine rings is 1. The normalized spacial score (nSPS) is 21.2. The zero-order valence-corrected chi connectivity index (χ0v) is 30.6. The molecule has 3 N–H and O–H groups in total. The standard InChI is InChI=1S/C34H44F3N9O2S2/c1-20(44-16-21(2)46(22(3)17-44)50(5,47)48)18-45-26(15-38)12-28-23(4)24(6-7-30(28)45)19-43-10-8-25(9-11-43)40-31-29-13-27(14-34(35,36)37)49-32(29)42-33(39)41-31/h6-7,12-13,20-22,25H,8-11,14,16-19H2,1-5H3,(H3,39,40,41,42)/t20-,21+,22+/m0/s1. The van der Waals surface area contributed by atoms with Crippen molar-refractivity contribution in [2.75, 3.05) is 43.5 Å². The maximum atomic E-state index is 13.0. The van der Waals surface area contributed by atoms with Crippen LogP contribution in [0.15, 0.2) is 24.3 Å². The average molecular weight is 732 g/mol. The lowest BCUT2D eigenvalue weighted by Gasteiger charge is -2.45. The van der Waals surface area contributed by atoms with Crippen molar-refractivity contribution in [2.45, 2.75) is 90.4 Å². The molecule has 11 nitrogen and oxygen atoms in total. The number of hydrogen-bond donors (Lipinski definition) is 2. The third kappa shape index (κ3) is 7.71. The monoisotopic (exact) mass is 731 g/mol. The third-order valence-electron chi connectivity index (χ3n) is 10.1. The first-order valence-corrected chi connectivity index (χ1v) is 19.5. The first-order chi connectivity index (χ1) is 23.5. The largest absolute Gasteiger partial charge is 0.393 e. The Bertz CT molecular complexity index is 2020. The number of hydrogen-bond acceptors (Lipinski definition) is 10. The number of nitrogens with two attached hydrogens (primary N) is 1. The van der Waals surface area contributed by atoms with Crippen molar-refractivity contribution in [3.05, 3.63) is 46.0 Å². The van der Waals surface area contributed by atoms with Crippen molar-refractivity contribution in [1.29, 1.82) is 5.26 Å². The molecule has 16 heteroatoms. The Morgan fingerprint density at radius 3 is 2.42 bits per heavy atom. The fraction of sp³-hybridized carbons (Fsp3) is 0.559. The number of nitrogen functional groups attached to an aromatic ring is 1. The van der Waals surface area contributed by atoms with E-state index < -0.39 is 22.6 Å². The molecule has 0 spiro atoms. The molecule has 2 saturated heterocycles. The predicted molar refractivity (Wildman–Crippen MR) is 192 cm³/mol. The van der Waals surface area contributed by atoms with Gasteiger partial charge in [0.15, 0.2) is 0 Å². The fourth-order valence-electron chi connectivity index (χ4n) is 7.78. The van der Waals surface area contributed by atoms with Gasteiger partial charge in [0.1, 0.15) is 22.4 Å². The molecule has 3 aromatic heterocycles. The average Bonchev–Trinajstić information content (AvgIpc) is 3.58. The number of rotatable bonds is 9. The molecule has 2 aliphatic rings. The lowest BCUT2D eigenvalue weighted by atomic mass is 10.0. The van der Waals surface area contributed by atoms with Gasteiger partial charge < -0.3 is 15.6 Å². The maximum absolute atomic E-state index is 13.0. The van der Waals surface area contributed by atoms with Crippen LogP contribution in [-0.2, 0) is 29.5 Å². The van der Waals surface area contributed by atoms with Gasteiger partial charge in [-0.15, -0.1) is 11.3 Å². The minimum Gasteiger partial charge on any atom is -0.368 e. The highest BCUT2D eigenvalue weighted by Gasteiger charge is 2.37. The summed E-state index contributed by atoms with van der Waals surface area (Å²) in [4.78, 5) is 13.8. The van der Waals surface area contributed by atoms with Crippen LogP contribution in [0.25, 0.3) is 21.1 Å². The van der Waals surface area contributed by atoms with Gasteiger partial charge in [-0.1, -0.05) is 6.07 Å². The zero-order valence-electron chi connectivity index (χ0n) is 29.0. The molecular formula is C34H44F3N9O2S2. The van der Waals surface area contributed by atoms with E-state index in [9.17, 15) is 26.9 Å². The minimum absolute atomic E-state index is 0.0307. The van der Waals surface area contributed by atoms with Crippen LogP contribution in [0.3, 0.4) is 0 Å². The van der Waals surface area contributed by atoms with Crippen molar-refractivity contribution in [3.63, 3.8) is 0 Å². The van der Waals surface area contributed by atoms with E-state index in [1.54, 1.807) is 4.31 Å². The van der Waals surface area contributed by atoms with E-state index in [0.717, 1.165) is 60.3 Å². The molecule has 0 radical (unpaired) electrons. The van der Waals surface area contributed by atoms with Crippen molar-refractivity contribution < 1.29 is 21.6 Å². The second-order valence-corrected chi connectivity index (χ2v) is 17.0. The molecule has 1 aromatic carbocycles. The Morgan fingerprint density at radius 2 is 1.80 bits per heavy atom. The number of likely N-dealkylation sites (tertiary alicyclic amines) is 1. The van der Waals surface area contributed by atoms with Crippen molar-refractivity contribution in [1.82, 2.24) is 28.6 Å². The van der Waals surface area contributed by atoms with Gasteiger partial charge in [0, 0.05) is 79.2 Å². The number of nitrogens with one attached hydrogen (secondary N) is 1. The number of aromatic nitrogens is 3. The summed E-state index contributed by atoms with van der Waals surface area (Å²) in [5.41, 5.74) is 9.85. The molecule has 3 atom stereocenters. The van der Waals surface area contributed by atoms with Crippen LogP contribution in [0.1, 0.15) is 55.3 Å². The molecule has 270 valence electrons. The van der Waals surface area contributed by atoms with E-state index in [4.69, 9.17) is 5.73 Å². The molecule has 0 unspecified atom stereocenters. The number of halogens is 3. The lowest BCUT2D eigenvalue weighted by Crippen LogP contribution is -2.60. The number of sulfonamides is 1. The van der Waals surface area contributed by atoms with E-state index in [1.807, 2.05) is 19.9 Å². The number of nitrogens with zero attached hydrogens (tertiary/aromatic N) is 7. The SMILES string of the molecule is Cc1c(CN2CCC(Nc3nc(N)nc4sc(CC(F)(F)F)cc34)CC2)ccc2c1cc(C#N)n2C[C@H](C)N1C[C@@H](C)N(S(C)(=O)=O)[C@H](C)C1. The molecule has 4 aromatic rings. The predicted octanol–water partition coefficient (Wildman–Crippen LogP) is 5.33. The van der Waals surface area contributed by atoms with E-state index in [-0.39, 0.29) is 35.0 Å². The van der Waals surface area contributed by atoms with E-state index in [2.05, 4.69) is 61.7 Å². The fourth-order valence-corrected chi connectivity index (χ4v) is 10.3. The van der Waals surface area contributed by atoms with Gasteiger partial charge in [-0.2, -0.15) is 27.7 Å². The Labute approximate surface area is 294 Å². The number of alkyl halides is 3. The summed E-state index contributed by atoms with van der Waals surface area (Å²) in [5.74, 6) is 0.507. The molecule has 2 aliphatic heterocycles. The topological polar surface area (TPSA) is 136 Å². The van der Waals surface area contributed by atoms with Crippen LogP contribution in [0.5, 0.6) is 0 Å². The summed E-state index contributed by atoms with van der Waals surface area (Å²) in [6.07, 6.45) is -2.39. The number of nitriles is 1. The van der Waals surface area contributed by atoms with Gasteiger partial charge in [-0.05, 0) is 69.9 Å². The van der Waals surface area contributed by atoms with Crippen LogP contribution in [0, 0.1) is 18.3 Å². The van der Waals surface area contributed by atoms with Gasteiger partial charge in [0.2, 0.25) is 16.0 Å². The first kappa shape index (κ1) is 36.3.